The quantitative estimate of drug-likeness (QED) is 0.192. The maximum atomic E-state index is 11.1. The molecule has 0 amide bonds. The van der Waals surface area contributed by atoms with Crippen LogP contribution in [-0.4, -0.2) is 69.9 Å². The third-order valence-corrected chi connectivity index (χ3v) is 6.93. The monoisotopic (exact) mass is 543 g/mol. The van der Waals surface area contributed by atoms with Crippen LogP contribution < -0.4 is 10.0 Å². The molecule has 1 aliphatic heterocycles. The van der Waals surface area contributed by atoms with E-state index < -0.39 is 11.3 Å². The first kappa shape index (κ1) is 25.6. The molecule has 1 fully saturated rings. The number of H-pyrrole nitrogens is 1. The summed E-state index contributed by atoms with van der Waals surface area (Å²) < 4.78 is 28.1. The van der Waals surface area contributed by atoms with E-state index in [-0.39, 0.29) is 17.7 Å². The van der Waals surface area contributed by atoms with Gasteiger partial charge in [0, 0.05) is 43.0 Å². The first-order valence-electron chi connectivity index (χ1n) is 11.6. The van der Waals surface area contributed by atoms with Crippen LogP contribution in [0, 0.1) is 6.92 Å². The lowest BCUT2D eigenvalue weighted by Crippen LogP contribution is -2.38. The highest BCUT2D eigenvalue weighted by molar-refractivity contribution is 7.77. The van der Waals surface area contributed by atoms with Crippen molar-refractivity contribution in [1.82, 2.24) is 39.5 Å². The van der Waals surface area contributed by atoms with Gasteiger partial charge in [-0.1, -0.05) is 11.6 Å². The Morgan fingerprint density at radius 2 is 2.03 bits per heavy atom. The third-order valence-electron chi connectivity index (χ3n) is 6.20. The van der Waals surface area contributed by atoms with Gasteiger partial charge in [-0.2, -0.15) is 0 Å². The summed E-state index contributed by atoms with van der Waals surface area (Å²) in [6.07, 6.45) is 5.02. The Hall–Kier alpha value is -3.07. The maximum absolute atomic E-state index is 11.1. The van der Waals surface area contributed by atoms with Gasteiger partial charge in [0.15, 0.2) is 5.65 Å². The van der Waals surface area contributed by atoms with Gasteiger partial charge >= 0.3 is 0 Å². The summed E-state index contributed by atoms with van der Waals surface area (Å²) in [5.74, 6) is 1.14. The maximum Gasteiger partial charge on any atom is 0.232 e. The second kappa shape index (κ2) is 11.1. The predicted molar refractivity (Wildman–Crippen MR) is 141 cm³/mol. The highest BCUT2D eigenvalue weighted by Gasteiger charge is 2.22. The lowest BCUT2D eigenvalue weighted by molar-refractivity contribution is 0.0198. The second-order valence-electron chi connectivity index (χ2n) is 8.58. The number of aryl methyl sites for hydroxylation is 1. The van der Waals surface area contributed by atoms with Crippen LogP contribution >= 0.6 is 11.6 Å². The van der Waals surface area contributed by atoms with Crippen LogP contribution in [0.25, 0.3) is 22.4 Å². The smallest absolute Gasteiger partial charge is 0.232 e. The van der Waals surface area contributed by atoms with E-state index in [0.717, 1.165) is 24.2 Å². The van der Waals surface area contributed by atoms with E-state index in [1.807, 2.05) is 13.1 Å². The fourth-order valence-electron chi connectivity index (χ4n) is 4.26. The molecule has 194 valence electrons. The lowest BCUT2D eigenvalue weighted by Gasteiger charge is -2.32. The summed E-state index contributed by atoms with van der Waals surface area (Å²) in [4.78, 5) is 28.0. The van der Waals surface area contributed by atoms with Crippen molar-refractivity contribution in [3.8, 4) is 11.3 Å². The van der Waals surface area contributed by atoms with Gasteiger partial charge < -0.3 is 15.0 Å². The van der Waals surface area contributed by atoms with Gasteiger partial charge in [-0.25, -0.2) is 33.9 Å². The zero-order valence-electron chi connectivity index (χ0n) is 20.2. The number of nitrogens with one attached hydrogen (secondary N) is 3. The molecule has 0 bridgehead atoms. The Bertz CT molecular complexity index is 1440. The minimum absolute atomic E-state index is 0.0701. The molecule has 0 spiro atoms. The molecule has 37 heavy (non-hydrogen) atoms. The van der Waals surface area contributed by atoms with Crippen LogP contribution in [0.4, 0.5) is 11.5 Å². The van der Waals surface area contributed by atoms with Gasteiger partial charge in [-0.15, -0.1) is 0 Å². The molecule has 4 aromatic rings. The number of aromatic amines is 1. The van der Waals surface area contributed by atoms with Crippen molar-refractivity contribution in [3.63, 3.8) is 0 Å². The number of morpholine rings is 1. The Morgan fingerprint density at radius 3 is 2.81 bits per heavy atom. The molecule has 4 aromatic heterocycles. The molecule has 1 saturated heterocycles. The van der Waals surface area contributed by atoms with Crippen molar-refractivity contribution < 1.29 is 13.5 Å². The van der Waals surface area contributed by atoms with Gasteiger partial charge in [0.05, 0.1) is 31.4 Å². The number of halogens is 1. The molecule has 0 saturated carbocycles. The molecule has 12 nitrogen and oxygen atoms in total. The van der Waals surface area contributed by atoms with Gasteiger partial charge in [0.25, 0.3) is 0 Å². The Labute approximate surface area is 220 Å². The van der Waals surface area contributed by atoms with Gasteiger partial charge in [0.1, 0.15) is 28.0 Å². The SMILES string of the molecule is Cc1nc(-c2cc(C(C)N3CCOCC3)cnc2Nc2cnc(Cl)c(CNS(=O)O)c2)c2[nH]cnc2n1. The largest absolute Gasteiger partial charge is 0.379 e. The van der Waals surface area contributed by atoms with Crippen LogP contribution in [-0.2, 0) is 22.5 Å². The zero-order valence-corrected chi connectivity index (χ0v) is 21.8. The number of aromatic nitrogens is 6. The minimum Gasteiger partial charge on any atom is -0.379 e. The minimum atomic E-state index is -2.17. The Morgan fingerprint density at radius 1 is 1.22 bits per heavy atom. The predicted octanol–water partition coefficient (Wildman–Crippen LogP) is 3.13. The van der Waals surface area contributed by atoms with E-state index in [9.17, 15) is 4.21 Å². The van der Waals surface area contributed by atoms with Crippen molar-refractivity contribution in [2.24, 2.45) is 0 Å². The van der Waals surface area contributed by atoms with Gasteiger partial charge in [-0.3, -0.25) is 9.45 Å². The van der Waals surface area contributed by atoms with Crippen molar-refractivity contribution in [2.45, 2.75) is 26.4 Å². The molecule has 5 heterocycles. The molecule has 14 heteroatoms. The summed E-state index contributed by atoms with van der Waals surface area (Å²) >= 11 is 4.02. The topological polar surface area (TPSA) is 154 Å². The van der Waals surface area contributed by atoms with Crippen LogP contribution in [0.2, 0.25) is 5.15 Å². The lowest BCUT2D eigenvalue weighted by atomic mass is 10.0. The zero-order chi connectivity index (χ0) is 25.9. The second-order valence-corrected chi connectivity index (χ2v) is 9.72. The molecule has 0 radical (unpaired) electrons. The number of rotatable bonds is 8. The molecule has 0 aliphatic carbocycles. The highest BCUT2D eigenvalue weighted by atomic mass is 35.5. The van der Waals surface area contributed by atoms with E-state index in [1.54, 1.807) is 18.6 Å². The standard InChI is InChI=1S/C23H26ClN9O3S/c1-13(33-3-5-36-6-4-33)15-8-18(19-20-23(28-12-27-20)31-14(2)30-19)22(26-9-15)32-17-7-16(10-29-37(34)35)21(24)25-11-17/h7-9,11-13,29H,3-6,10H2,1-2H3,(H,26,32)(H,34,35)(H,27,28,30,31). The average Bonchev–Trinajstić information content (AvgIpc) is 3.37. The van der Waals surface area contributed by atoms with E-state index in [4.69, 9.17) is 30.9 Å². The average molecular weight is 544 g/mol. The van der Waals surface area contributed by atoms with Crippen LogP contribution in [0.1, 0.15) is 29.9 Å². The normalized spacial score (nSPS) is 16.1. The van der Waals surface area contributed by atoms with Crippen molar-refractivity contribution in [1.29, 1.82) is 0 Å². The fourth-order valence-corrected chi connectivity index (χ4v) is 4.71. The van der Waals surface area contributed by atoms with Crippen molar-refractivity contribution in [2.75, 3.05) is 31.6 Å². The number of hydrogen-bond donors (Lipinski definition) is 4. The number of anilines is 2. The number of ether oxygens (including phenoxy) is 1. The summed E-state index contributed by atoms with van der Waals surface area (Å²) in [5, 5.41) is 3.55. The summed E-state index contributed by atoms with van der Waals surface area (Å²) in [5.41, 5.74) is 4.92. The molecular weight excluding hydrogens is 518 g/mol. The molecule has 0 aromatic carbocycles. The Balaban J connectivity index is 1.56. The summed E-state index contributed by atoms with van der Waals surface area (Å²) in [6.45, 7) is 7.15. The Kier molecular flexibility index (Phi) is 7.69. The van der Waals surface area contributed by atoms with E-state index in [0.29, 0.717) is 53.0 Å². The van der Waals surface area contributed by atoms with Crippen molar-refractivity contribution >= 4 is 45.5 Å². The number of pyridine rings is 2. The molecule has 1 aliphatic rings. The number of nitrogens with zero attached hydrogens (tertiary/aromatic N) is 6. The third kappa shape index (κ3) is 5.76. The molecule has 4 N–H and O–H groups in total. The molecular formula is C23H26ClN9O3S. The first-order valence-corrected chi connectivity index (χ1v) is 13.1. The number of imidazole rings is 1. The van der Waals surface area contributed by atoms with Crippen LogP contribution in [0.3, 0.4) is 0 Å². The van der Waals surface area contributed by atoms with Crippen molar-refractivity contribution in [3.05, 3.63) is 53.0 Å². The van der Waals surface area contributed by atoms with Crippen LogP contribution in [0.5, 0.6) is 0 Å². The van der Waals surface area contributed by atoms with E-state index in [1.165, 1.54) is 0 Å². The van der Waals surface area contributed by atoms with E-state index in [2.05, 4.69) is 47.9 Å². The van der Waals surface area contributed by atoms with Gasteiger partial charge in [0.2, 0.25) is 11.3 Å². The molecule has 2 unspecified atom stereocenters. The van der Waals surface area contributed by atoms with Gasteiger partial charge in [-0.05, 0) is 31.5 Å². The molecule has 2 atom stereocenters. The number of fused-ring (bicyclic) bond motifs is 1. The summed E-state index contributed by atoms with van der Waals surface area (Å²) in [7, 11) is 0. The fraction of sp³-hybridized carbons (Fsp3) is 0.348. The molecule has 5 rings (SSSR count). The van der Waals surface area contributed by atoms with Crippen LogP contribution in [0.15, 0.2) is 30.9 Å². The number of hydrogen-bond acceptors (Lipinski definition) is 9. The van der Waals surface area contributed by atoms with E-state index >= 15 is 0 Å². The highest BCUT2D eigenvalue weighted by Crippen LogP contribution is 2.34. The first-order chi connectivity index (χ1) is 17.9. The summed E-state index contributed by atoms with van der Waals surface area (Å²) in [6, 6.07) is 3.96.